The molecule has 1 nitrogen and oxygen atoms in total. The maximum atomic E-state index is 5.70. The summed E-state index contributed by atoms with van der Waals surface area (Å²) in [6, 6.07) is 16.2. The first-order chi connectivity index (χ1) is 7.74. The van der Waals surface area contributed by atoms with Gasteiger partial charge in [0.15, 0.2) is 0 Å². The molecule has 0 radical (unpaired) electrons. The Morgan fingerprint density at radius 2 is 1.88 bits per heavy atom. The van der Waals surface area contributed by atoms with Gasteiger partial charge in [0.05, 0.1) is 0 Å². The summed E-state index contributed by atoms with van der Waals surface area (Å²) in [5.74, 6) is 0.885. The van der Waals surface area contributed by atoms with Crippen molar-refractivity contribution in [3.05, 3.63) is 64.1 Å². The minimum atomic E-state index is 0.609. The summed E-state index contributed by atoms with van der Waals surface area (Å²) in [5, 5.41) is 0. The Morgan fingerprint density at radius 3 is 2.62 bits per heavy atom. The Hall–Kier alpha value is -1.28. The lowest BCUT2D eigenvalue weighted by atomic mass is 10.1. The van der Waals surface area contributed by atoms with Crippen molar-refractivity contribution in [3.8, 4) is 5.75 Å². The van der Waals surface area contributed by atoms with Crippen LogP contribution >= 0.6 is 15.9 Å². The summed E-state index contributed by atoms with van der Waals surface area (Å²) in [6.45, 7) is 2.70. The first-order valence-electron chi connectivity index (χ1n) is 5.18. The van der Waals surface area contributed by atoms with Crippen molar-refractivity contribution in [1.82, 2.24) is 0 Å². The van der Waals surface area contributed by atoms with Crippen LogP contribution in [-0.2, 0) is 6.61 Å². The largest absolute Gasteiger partial charge is 0.489 e. The van der Waals surface area contributed by atoms with Crippen LogP contribution in [0.25, 0.3) is 0 Å². The maximum absolute atomic E-state index is 5.70. The molecule has 2 rings (SSSR count). The Labute approximate surface area is 104 Å². The first-order valence-corrected chi connectivity index (χ1v) is 5.97. The molecule has 0 unspecified atom stereocenters. The van der Waals surface area contributed by atoms with Crippen LogP contribution in [0.15, 0.2) is 53.0 Å². The van der Waals surface area contributed by atoms with Crippen molar-refractivity contribution in [2.45, 2.75) is 13.5 Å². The quantitative estimate of drug-likeness (QED) is 0.811. The van der Waals surface area contributed by atoms with E-state index in [4.69, 9.17) is 4.74 Å². The molecule has 0 N–H and O–H groups in total. The van der Waals surface area contributed by atoms with Gasteiger partial charge in [0.25, 0.3) is 0 Å². The molecular formula is C14H13BrO. The van der Waals surface area contributed by atoms with Crippen LogP contribution in [0.4, 0.5) is 0 Å². The fourth-order valence-electron chi connectivity index (χ4n) is 1.53. The van der Waals surface area contributed by atoms with Gasteiger partial charge in [-0.05, 0) is 30.7 Å². The molecule has 2 aromatic carbocycles. The lowest BCUT2D eigenvalue weighted by molar-refractivity contribution is 0.306. The molecule has 0 aliphatic rings. The van der Waals surface area contributed by atoms with Crippen LogP contribution < -0.4 is 4.74 Å². The summed E-state index contributed by atoms with van der Waals surface area (Å²) in [6.07, 6.45) is 0. The van der Waals surface area contributed by atoms with E-state index in [1.54, 1.807) is 0 Å². The number of hydrogen-bond donors (Lipinski definition) is 0. The molecule has 2 aromatic rings. The molecule has 16 heavy (non-hydrogen) atoms. The van der Waals surface area contributed by atoms with Gasteiger partial charge >= 0.3 is 0 Å². The highest BCUT2D eigenvalue weighted by Gasteiger charge is 1.96. The van der Waals surface area contributed by atoms with Gasteiger partial charge in [-0.3, -0.25) is 0 Å². The number of hydrogen-bond acceptors (Lipinski definition) is 1. The van der Waals surface area contributed by atoms with E-state index in [0.29, 0.717) is 6.61 Å². The number of aryl methyl sites for hydroxylation is 1. The molecule has 0 amide bonds. The zero-order valence-electron chi connectivity index (χ0n) is 9.11. The fraction of sp³-hybridized carbons (Fsp3) is 0.143. The van der Waals surface area contributed by atoms with Crippen molar-refractivity contribution < 1.29 is 4.74 Å². The highest BCUT2D eigenvalue weighted by Crippen LogP contribution is 2.19. The summed E-state index contributed by atoms with van der Waals surface area (Å²) >= 11 is 3.42. The van der Waals surface area contributed by atoms with E-state index in [1.807, 2.05) is 24.3 Å². The van der Waals surface area contributed by atoms with E-state index in [1.165, 1.54) is 11.1 Å². The zero-order chi connectivity index (χ0) is 11.4. The van der Waals surface area contributed by atoms with Gasteiger partial charge < -0.3 is 4.74 Å². The molecule has 0 saturated carbocycles. The lowest BCUT2D eigenvalue weighted by Gasteiger charge is -2.07. The van der Waals surface area contributed by atoms with Crippen LogP contribution in [0.3, 0.4) is 0 Å². The highest BCUT2D eigenvalue weighted by atomic mass is 79.9. The van der Waals surface area contributed by atoms with Gasteiger partial charge in [-0.25, -0.2) is 0 Å². The van der Waals surface area contributed by atoms with Gasteiger partial charge in [0, 0.05) is 4.47 Å². The maximum Gasteiger partial charge on any atom is 0.120 e. The minimum Gasteiger partial charge on any atom is -0.489 e. The van der Waals surface area contributed by atoms with Crippen LogP contribution in [0.5, 0.6) is 5.75 Å². The number of benzene rings is 2. The third-order valence-electron chi connectivity index (χ3n) is 2.28. The predicted octanol–water partition coefficient (Wildman–Crippen LogP) is 4.34. The van der Waals surface area contributed by atoms with Crippen LogP contribution in [0.2, 0.25) is 0 Å². The van der Waals surface area contributed by atoms with Gasteiger partial charge in [-0.1, -0.05) is 51.8 Å². The topological polar surface area (TPSA) is 9.23 Å². The molecule has 0 aliphatic carbocycles. The van der Waals surface area contributed by atoms with E-state index in [-0.39, 0.29) is 0 Å². The molecule has 2 heteroatoms. The normalized spacial score (nSPS) is 10.1. The van der Waals surface area contributed by atoms with Crippen molar-refractivity contribution in [3.63, 3.8) is 0 Å². The van der Waals surface area contributed by atoms with Crippen molar-refractivity contribution in [2.24, 2.45) is 0 Å². The molecular weight excluding hydrogens is 264 g/mol. The third kappa shape index (κ3) is 3.11. The minimum absolute atomic E-state index is 0.609. The van der Waals surface area contributed by atoms with Crippen molar-refractivity contribution in [2.75, 3.05) is 0 Å². The molecule has 0 saturated heterocycles. The summed E-state index contributed by atoms with van der Waals surface area (Å²) in [5.41, 5.74) is 2.45. The van der Waals surface area contributed by atoms with E-state index in [0.717, 1.165) is 10.2 Å². The Bertz CT molecular complexity index is 434. The van der Waals surface area contributed by atoms with Crippen LogP contribution in [0, 0.1) is 6.92 Å². The van der Waals surface area contributed by atoms with Crippen LogP contribution in [-0.4, -0.2) is 0 Å². The Kier molecular flexibility index (Phi) is 3.62. The van der Waals surface area contributed by atoms with E-state index < -0.39 is 0 Å². The molecule has 0 bridgehead atoms. The molecule has 0 spiro atoms. The van der Waals surface area contributed by atoms with Crippen molar-refractivity contribution >= 4 is 15.9 Å². The average Bonchev–Trinajstić information content (AvgIpc) is 2.27. The monoisotopic (exact) mass is 276 g/mol. The molecule has 0 atom stereocenters. The number of halogens is 1. The van der Waals surface area contributed by atoms with Gasteiger partial charge in [0.1, 0.15) is 12.4 Å². The molecule has 0 aliphatic heterocycles. The number of rotatable bonds is 3. The van der Waals surface area contributed by atoms with E-state index in [2.05, 4.69) is 47.1 Å². The predicted molar refractivity (Wildman–Crippen MR) is 69.7 cm³/mol. The van der Waals surface area contributed by atoms with Crippen LogP contribution in [0.1, 0.15) is 11.1 Å². The zero-order valence-corrected chi connectivity index (χ0v) is 10.7. The second kappa shape index (κ2) is 5.17. The molecule has 82 valence electrons. The standard InChI is InChI=1S/C14H13BrO/c1-11-4-2-5-12(8-11)10-16-14-7-3-6-13(15)9-14/h2-9H,10H2,1H3. The molecule has 0 fully saturated rings. The molecule has 0 heterocycles. The second-order valence-electron chi connectivity index (χ2n) is 3.74. The lowest BCUT2D eigenvalue weighted by Crippen LogP contribution is -1.95. The van der Waals surface area contributed by atoms with E-state index >= 15 is 0 Å². The van der Waals surface area contributed by atoms with E-state index in [9.17, 15) is 0 Å². The summed E-state index contributed by atoms with van der Waals surface area (Å²) in [7, 11) is 0. The summed E-state index contributed by atoms with van der Waals surface area (Å²) < 4.78 is 6.73. The highest BCUT2D eigenvalue weighted by molar-refractivity contribution is 9.10. The average molecular weight is 277 g/mol. The third-order valence-corrected chi connectivity index (χ3v) is 2.78. The van der Waals surface area contributed by atoms with Gasteiger partial charge in [0.2, 0.25) is 0 Å². The second-order valence-corrected chi connectivity index (χ2v) is 4.65. The van der Waals surface area contributed by atoms with Gasteiger partial charge in [-0.2, -0.15) is 0 Å². The SMILES string of the molecule is Cc1cccc(COc2cccc(Br)c2)c1. The van der Waals surface area contributed by atoms with Crippen molar-refractivity contribution in [1.29, 1.82) is 0 Å². The molecule has 0 aromatic heterocycles. The van der Waals surface area contributed by atoms with Gasteiger partial charge in [-0.15, -0.1) is 0 Å². The number of ether oxygens (including phenoxy) is 1. The Balaban J connectivity index is 2.02. The Morgan fingerprint density at radius 1 is 1.06 bits per heavy atom. The fourth-order valence-corrected chi connectivity index (χ4v) is 1.90. The first kappa shape index (κ1) is 11.2. The summed E-state index contributed by atoms with van der Waals surface area (Å²) in [4.78, 5) is 0. The smallest absolute Gasteiger partial charge is 0.120 e.